The van der Waals surface area contributed by atoms with Gasteiger partial charge in [-0.1, -0.05) is 19.1 Å². The van der Waals surface area contributed by atoms with E-state index in [0.29, 0.717) is 12.2 Å². The molecule has 2 N–H and O–H groups in total. The second kappa shape index (κ2) is 6.33. The quantitative estimate of drug-likeness (QED) is 0.643. The summed E-state index contributed by atoms with van der Waals surface area (Å²) in [4.78, 5) is 13.2. The lowest BCUT2D eigenvalue weighted by Gasteiger charge is -2.51. The Morgan fingerprint density at radius 3 is 2.76 bits per heavy atom. The molecule has 3 heterocycles. The Labute approximate surface area is 200 Å². The summed E-state index contributed by atoms with van der Waals surface area (Å²) < 4.78 is 18.1. The van der Waals surface area contributed by atoms with E-state index in [4.69, 9.17) is 14.2 Å². The first kappa shape index (κ1) is 21.5. The number of aliphatic hydroxyl groups excluding tert-OH is 1. The van der Waals surface area contributed by atoms with Crippen molar-refractivity contribution in [3.63, 3.8) is 0 Å². The third-order valence-corrected chi connectivity index (χ3v) is 10.8. The number of allylic oxidation sites excluding steroid dienone is 1. The molecule has 3 saturated heterocycles. The van der Waals surface area contributed by atoms with Crippen LogP contribution in [0.5, 0.6) is 5.75 Å². The number of phenols is 1. The van der Waals surface area contributed by atoms with E-state index in [1.807, 2.05) is 26.0 Å². The minimum atomic E-state index is -0.949. The van der Waals surface area contributed by atoms with Crippen LogP contribution in [0.4, 0.5) is 0 Å². The van der Waals surface area contributed by atoms with Crippen LogP contribution in [-0.4, -0.2) is 51.3 Å². The standard InChI is InChI=1S/C28H34O6/c1-14(20-13-25(2)27(4,34-25)24(31)32-20)16-10-15-7-8-18-17(23(15)19(29)11-16)12-22-28(33-22)9-5-6-21(30)26(18,28)3/h5-6,10-11,14,17-18,20,22,24,29,31H,7-9,12-13H2,1-4H3/t14-,17+,18-,20-,22-,24+,25-,26-,27+,28-/m0/s1. The van der Waals surface area contributed by atoms with Gasteiger partial charge in [0.25, 0.3) is 0 Å². The summed E-state index contributed by atoms with van der Waals surface area (Å²) in [6.07, 6.45) is 6.82. The van der Waals surface area contributed by atoms with Crippen LogP contribution in [0.1, 0.15) is 81.9 Å². The van der Waals surface area contributed by atoms with E-state index in [2.05, 4.69) is 19.9 Å². The van der Waals surface area contributed by atoms with Crippen molar-refractivity contribution in [2.75, 3.05) is 0 Å². The summed E-state index contributed by atoms with van der Waals surface area (Å²) in [7, 11) is 0. The van der Waals surface area contributed by atoms with Crippen molar-refractivity contribution in [3.05, 3.63) is 41.0 Å². The molecule has 3 aliphatic carbocycles. The zero-order valence-corrected chi connectivity index (χ0v) is 20.3. The Morgan fingerprint density at radius 2 is 2.00 bits per heavy atom. The number of carbonyl (C=O) groups is 1. The summed E-state index contributed by atoms with van der Waals surface area (Å²) in [5.41, 5.74) is 1.35. The zero-order valence-electron chi connectivity index (χ0n) is 20.3. The lowest BCUT2D eigenvalue weighted by atomic mass is 9.49. The Balaban J connectivity index is 1.21. The van der Waals surface area contributed by atoms with Gasteiger partial charge in [0, 0.05) is 17.9 Å². The van der Waals surface area contributed by atoms with Crippen molar-refractivity contribution in [2.45, 2.75) is 107 Å². The van der Waals surface area contributed by atoms with Gasteiger partial charge in [0.15, 0.2) is 12.1 Å². The Kier molecular flexibility index (Phi) is 4.01. The number of ether oxygens (including phenoxy) is 3. The largest absolute Gasteiger partial charge is 0.508 e. The highest BCUT2D eigenvalue weighted by molar-refractivity contribution is 5.98. The van der Waals surface area contributed by atoms with Crippen LogP contribution in [0.15, 0.2) is 24.3 Å². The van der Waals surface area contributed by atoms with Crippen LogP contribution in [0.2, 0.25) is 0 Å². The first-order valence-corrected chi connectivity index (χ1v) is 12.8. The molecule has 6 heteroatoms. The van der Waals surface area contributed by atoms with Gasteiger partial charge in [-0.3, -0.25) is 4.79 Å². The average molecular weight is 467 g/mol. The van der Waals surface area contributed by atoms with E-state index >= 15 is 0 Å². The van der Waals surface area contributed by atoms with Gasteiger partial charge in [-0.15, -0.1) is 0 Å². The van der Waals surface area contributed by atoms with Crippen molar-refractivity contribution in [1.29, 1.82) is 0 Å². The molecule has 0 aromatic heterocycles. The van der Waals surface area contributed by atoms with Crippen LogP contribution < -0.4 is 0 Å². The predicted molar refractivity (Wildman–Crippen MR) is 124 cm³/mol. The number of aliphatic hydroxyl groups is 1. The van der Waals surface area contributed by atoms with Crippen molar-refractivity contribution >= 4 is 5.78 Å². The number of hydrogen-bond donors (Lipinski definition) is 2. The van der Waals surface area contributed by atoms with Gasteiger partial charge in [-0.2, -0.15) is 0 Å². The molecular formula is C28H34O6. The second-order valence-corrected chi connectivity index (χ2v) is 12.2. The summed E-state index contributed by atoms with van der Waals surface area (Å²) in [6, 6.07) is 4.10. The number of aromatic hydroxyl groups is 1. The number of aryl methyl sites for hydroxylation is 1. The Bertz CT molecular complexity index is 1140. The van der Waals surface area contributed by atoms with Crippen LogP contribution >= 0.6 is 0 Å². The molecule has 34 heavy (non-hydrogen) atoms. The molecule has 6 aliphatic rings. The molecule has 1 aromatic carbocycles. The number of fused-ring (bicyclic) bond motifs is 5. The number of benzene rings is 1. The molecule has 1 aromatic rings. The van der Waals surface area contributed by atoms with Crippen molar-refractivity contribution in [2.24, 2.45) is 11.3 Å². The summed E-state index contributed by atoms with van der Waals surface area (Å²) in [5, 5.41) is 21.8. The van der Waals surface area contributed by atoms with Crippen molar-refractivity contribution in [1.82, 2.24) is 0 Å². The summed E-state index contributed by atoms with van der Waals surface area (Å²) in [5.74, 6) is 0.801. The Morgan fingerprint density at radius 1 is 1.21 bits per heavy atom. The van der Waals surface area contributed by atoms with Gasteiger partial charge in [0.05, 0.1) is 17.6 Å². The third-order valence-electron chi connectivity index (χ3n) is 10.8. The SMILES string of the molecule is C[C@@H](c1cc(O)c2c(c1)CC[C@H]1[C@H]2C[C@@H]2O[C@@]23CC=CC(=O)[C@]13C)[C@@H]1C[C@]2(C)O[C@]2(C)[C@H](O)O1. The zero-order chi connectivity index (χ0) is 23.8. The molecule has 3 aliphatic heterocycles. The molecule has 182 valence electrons. The lowest BCUT2D eigenvalue weighted by Crippen LogP contribution is -2.56. The topological polar surface area (TPSA) is 91.8 Å². The highest BCUT2D eigenvalue weighted by Gasteiger charge is 2.76. The smallest absolute Gasteiger partial charge is 0.186 e. The lowest BCUT2D eigenvalue weighted by molar-refractivity contribution is -0.187. The fourth-order valence-corrected chi connectivity index (χ4v) is 8.30. The predicted octanol–water partition coefficient (Wildman–Crippen LogP) is 3.87. The maximum atomic E-state index is 13.2. The first-order valence-electron chi connectivity index (χ1n) is 12.8. The van der Waals surface area contributed by atoms with E-state index in [0.717, 1.165) is 36.8 Å². The first-order chi connectivity index (χ1) is 16.0. The fourth-order valence-electron chi connectivity index (χ4n) is 8.30. The summed E-state index contributed by atoms with van der Waals surface area (Å²) >= 11 is 0. The van der Waals surface area contributed by atoms with Crippen molar-refractivity contribution < 1.29 is 29.2 Å². The van der Waals surface area contributed by atoms with E-state index in [1.54, 1.807) is 6.08 Å². The molecule has 6 nitrogen and oxygen atoms in total. The van der Waals surface area contributed by atoms with Gasteiger partial charge in [0.1, 0.15) is 22.6 Å². The number of rotatable bonds is 2. The Hall–Kier alpha value is -1.73. The van der Waals surface area contributed by atoms with Gasteiger partial charge >= 0.3 is 0 Å². The second-order valence-electron chi connectivity index (χ2n) is 12.2. The minimum absolute atomic E-state index is 0.00231. The van der Waals surface area contributed by atoms with Crippen LogP contribution in [-0.2, 0) is 25.4 Å². The normalized spacial score (nSPS) is 50.9. The van der Waals surface area contributed by atoms with E-state index < -0.39 is 17.3 Å². The fraction of sp³-hybridized carbons (Fsp3) is 0.679. The average Bonchev–Trinajstić information content (AvgIpc) is 3.64. The van der Waals surface area contributed by atoms with Crippen molar-refractivity contribution in [3.8, 4) is 5.75 Å². The van der Waals surface area contributed by atoms with Crippen LogP contribution in [0, 0.1) is 11.3 Å². The third kappa shape index (κ3) is 2.39. The molecule has 0 radical (unpaired) electrons. The minimum Gasteiger partial charge on any atom is -0.508 e. The molecule has 4 fully saturated rings. The van der Waals surface area contributed by atoms with Crippen LogP contribution in [0.25, 0.3) is 0 Å². The maximum Gasteiger partial charge on any atom is 0.186 e. The number of phenolic OH excluding ortho intramolecular Hbond substituents is 1. The van der Waals surface area contributed by atoms with Gasteiger partial charge in [-0.25, -0.2) is 0 Å². The van der Waals surface area contributed by atoms with Gasteiger partial charge < -0.3 is 24.4 Å². The molecule has 1 spiro atoms. The molecule has 10 atom stereocenters. The van der Waals surface area contributed by atoms with E-state index in [1.165, 1.54) is 5.56 Å². The van der Waals surface area contributed by atoms with Crippen LogP contribution in [0.3, 0.4) is 0 Å². The monoisotopic (exact) mass is 466 g/mol. The van der Waals surface area contributed by atoms with E-state index in [9.17, 15) is 15.0 Å². The maximum absolute atomic E-state index is 13.2. The molecule has 0 bridgehead atoms. The summed E-state index contributed by atoms with van der Waals surface area (Å²) in [6.45, 7) is 8.14. The van der Waals surface area contributed by atoms with Gasteiger partial charge in [-0.05, 0) is 81.6 Å². The number of hydrogen-bond acceptors (Lipinski definition) is 6. The highest BCUT2D eigenvalue weighted by atomic mass is 16.7. The molecule has 0 amide bonds. The van der Waals surface area contributed by atoms with Gasteiger partial charge in [0.2, 0.25) is 0 Å². The molecule has 7 rings (SSSR count). The molecule has 0 unspecified atom stereocenters. The highest BCUT2D eigenvalue weighted by Crippen LogP contribution is 2.69. The number of carbonyl (C=O) groups excluding carboxylic acids is 1. The number of epoxide rings is 2. The van der Waals surface area contributed by atoms with E-state index in [-0.39, 0.29) is 46.9 Å². The molecular weight excluding hydrogens is 432 g/mol. The number of ketones is 1. The molecule has 1 saturated carbocycles.